The van der Waals surface area contributed by atoms with Crippen LogP contribution in [0.1, 0.15) is 28.5 Å². The summed E-state index contributed by atoms with van der Waals surface area (Å²) in [5.74, 6) is -5.87. The molecule has 2 amide bonds. The number of carbonyl (C=O) groups excluding carboxylic acids is 2. The van der Waals surface area contributed by atoms with Gasteiger partial charge in [-0.15, -0.1) is 0 Å². The highest BCUT2D eigenvalue weighted by Gasteiger charge is 2.18. The first-order valence-electron chi connectivity index (χ1n) is 9.20. The molecule has 0 fully saturated rings. The van der Waals surface area contributed by atoms with Crippen molar-refractivity contribution < 1.29 is 22.8 Å². The lowest BCUT2D eigenvalue weighted by Crippen LogP contribution is -2.33. The first kappa shape index (κ1) is 21.1. The lowest BCUT2D eigenvalue weighted by Gasteiger charge is -2.10. The van der Waals surface area contributed by atoms with E-state index in [4.69, 9.17) is 0 Å². The molecule has 3 aromatic rings. The highest BCUT2D eigenvalue weighted by atomic mass is 19.2. The molecule has 0 saturated carbocycles. The molecular formula is C21H19F3N4O2. The van der Waals surface area contributed by atoms with Gasteiger partial charge in [0.25, 0.3) is 5.91 Å². The molecule has 30 heavy (non-hydrogen) atoms. The molecule has 0 radical (unpaired) electrons. The number of aromatic nitrogens is 2. The summed E-state index contributed by atoms with van der Waals surface area (Å²) < 4.78 is 41.5. The monoisotopic (exact) mass is 416 g/mol. The quantitative estimate of drug-likeness (QED) is 0.581. The third kappa shape index (κ3) is 4.68. The summed E-state index contributed by atoms with van der Waals surface area (Å²) >= 11 is 0. The van der Waals surface area contributed by atoms with Crippen molar-refractivity contribution in [2.75, 3.05) is 11.9 Å². The summed E-state index contributed by atoms with van der Waals surface area (Å²) in [6.45, 7) is 1.89. The minimum atomic E-state index is -1.68. The molecule has 0 aliphatic heterocycles. The summed E-state index contributed by atoms with van der Waals surface area (Å²) in [7, 11) is 0. The molecular weight excluding hydrogens is 397 g/mol. The first-order chi connectivity index (χ1) is 14.4. The molecule has 6 nitrogen and oxygen atoms in total. The van der Waals surface area contributed by atoms with Crippen LogP contribution in [0.15, 0.2) is 48.7 Å². The van der Waals surface area contributed by atoms with E-state index in [9.17, 15) is 22.8 Å². The van der Waals surface area contributed by atoms with Gasteiger partial charge in [-0.25, -0.2) is 13.2 Å². The molecule has 0 spiro atoms. The molecule has 1 aromatic heterocycles. The van der Waals surface area contributed by atoms with Gasteiger partial charge in [0.15, 0.2) is 17.5 Å². The second-order valence-corrected chi connectivity index (χ2v) is 6.46. The Morgan fingerprint density at radius 2 is 1.77 bits per heavy atom. The number of nitrogens with zero attached hydrogens (tertiary/aromatic N) is 2. The number of carbonyl (C=O) groups is 2. The van der Waals surface area contributed by atoms with Gasteiger partial charge in [0.1, 0.15) is 0 Å². The third-order valence-electron chi connectivity index (χ3n) is 4.42. The fourth-order valence-electron chi connectivity index (χ4n) is 2.94. The number of halogens is 3. The fourth-order valence-corrected chi connectivity index (χ4v) is 2.94. The second kappa shape index (κ2) is 9.25. The van der Waals surface area contributed by atoms with Crippen LogP contribution in [0.2, 0.25) is 0 Å². The average Bonchev–Trinajstić information content (AvgIpc) is 3.15. The van der Waals surface area contributed by atoms with Crippen LogP contribution in [0.4, 0.5) is 18.9 Å². The SMILES string of the molecule is CCc1c(C(=O)NCC(=O)Nc2ccc(F)c(F)c2F)cnn1Cc1ccccc1. The molecule has 9 heteroatoms. The van der Waals surface area contributed by atoms with Gasteiger partial charge in [-0.2, -0.15) is 5.10 Å². The molecule has 0 unspecified atom stereocenters. The van der Waals surface area contributed by atoms with Crippen LogP contribution < -0.4 is 10.6 Å². The van der Waals surface area contributed by atoms with Crippen LogP contribution in [0.5, 0.6) is 0 Å². The smallest absolute Gasteiger partial charge is 0.255 e. The molecule has 0 atom stereocenters. The van der Waals surface area contributed by atoms with E-state index >= 15 is 0 Å². The van der Waals surface area contributed by atoms with E-state index in [1.54, 1.807) is 4.68 Å². The molecule has 0 bridgehead atoms. The lowest BCUT2D eigenvalue weighted by atomic mass is 10.1. The van der Waals surface area contributed by atoms with Crippen LogP contribution in [0, 0.1) is 17.5 Å². The van der Waals surface area contributed by atoms with Gasteiger partial charge in [0.05, 0.1) is 36.2 Å². The van der Waals surface area contributed by atoms with E-state index in [2.05, 4.69) is 15.7 Å². The number of benzene rings is 2. The Hall–Kier alpha value is -3.62. The Balaban J connectivity index is 1.63. The van der Waals surface area contributed by atoms with Crippen LogP contribution in [0.25, 0.3) is 0 Å². The highest BCUT2D eigenvalue weighted by Crippen LogP contribution is 2.19. The number of amides is 2. The Morgan fingerprint density at radius 1 is 1.03 bits per heavy atom. The Labute approximate surface area is 170 Å². The van der Waals surface area contributed by atoms with E-state index in [0.29, 0.717) is 30.3 Å². The van der Waals surface area contributed by atoms with Crippen molar-refractivity contribution in [2.45, 2.75) is 19.9 Å². The second-order valence-electron chi connectivity index (χ2n) is 6.46. The topological polar surface area (TPSA) is 76.0 Å². The number of nitrogens with one attached hydrogen (secondary N) is 2. The fraction of sp³-hybridized carbons (Fsp3) is 0.190. The predicted molar refractivity (Wildman–Crippen MR) is 104 cm³/mol. The van der Waals surface area contributed by atoms with E-state index in [-0.39, 0.29) is 0 Å². The minimum Gasteiger partial charge on any atom is -0.343 e. The van der Waals surface area contributed by atoms with Gasteiger partial charge in [0, 0.05) is 0 Å². The molecule has 2 N–H and O–H groups in total. The van der Waals surface area contributed by atoms with Gasteiger partial charge >= 0.3 is 0 Å². The molecule has 3 rings (SSSR count). The minimum absolute atomic E-state index is 0.320. The molecule has 2 aromatic carbocycles. The normalized spacial score (nSPS) is 10.7. The van der Waals surface area contributed by atoms with Crippen molar-refractivity contribution in [2.24, 2.45) is 0 Å². The summed E-state index contributed by atoms with van der Waals surface area (Å²) in [6, 6.07) is 11.2. The van der Waals surface area contributed by atoms with Crippen molar-refractivity contribution in [3.63, 3.8) is 0 Å². The zero-order valence-electron chi connectivity index (χ0n) is 16.1. The third-order valence-corrected chi connectivity index (χ3v) is 4.42. The molecule has 156 valence electrons. The van der Waals surface area contributed by atoms with E-state index < -0.39 is 41.5 Å². The maximum Gasteiger partial charge on any atom is 0.255 e. The van der Waals surface area contributed by atoms with Gasteiger partial charge in [0.2, 0.25) is 5.91 Å². The maximum absolute atomic E-state index is 13.6. The van der Waals surface area contributed by atoms with Gasteiger partial charge in [-0.05, 0) is 24.1 Å². The standard InChI is InChI=1S/C21H19F3N4O2/c1-2-17-14(10-26-28(17)12-13-6-4-3-5-7-13)21(30)25-11-18(29)27-16-9-8-15(22)19(23)20(16)24/h3-10H,2,11-12H2,1H3,(H,25,30)(H,27,29). The van der Waals surface area contributed by atoms with Crippen molar-refractivity contribution in [3.8, 4) is 0 Å². The van der Waals surface area contributed by atoms with Gasteiger partial charge in [-0.3, -0.25) is 14.3 Å². The highest BCUT2D eigenvalue weighted by molar-refractivity contribution is 5.99. The van der Waals surface area contributed by atoms with E-state index in [0.717, 1.165) is 11.6 Å². The average molecular weight is 416 g/mol. The Kier molecular flexibility index (Phi) is 6.51. The maximum atomic E-state index is 13.6. The van der Waals surface area contributed by atoms with E-state index in [1.807, 2.05) is 37.3 Å². The lowest BCUT2D eigenvalue weighted by molar-refractivity contribution is -0.115. The van der Waals surface area contributed by atoms with Crippen LogP contribution >= 0.6 is 0 Å². The van der Waals surface area contributed by atoms with Crippen LogP contribution in [0.3, 0.4) is 0 Å². The number of hydrogen-bond donors (Lipinski definition) is 2. The summed E-state index contributed by atoms with van der Waals surface area (Å²) in [6.07, 6.45) is 1.96. The number of hydrogen-bond acceptors (Lipinski definition) is 3. The number of anilines is 1. The molecule has 0 saturated heterocycles. The Morgan fingerprint density at radius 3 is 2.47 bits per heavy atom. The largest absolute Gasteiger partial charge is 0.343 e. The first-order valence-corrected chi connectivity index (χ1v) is 9.20. The Bertz CT molecular complexity index is 1070. The van der Waals surface area contributed by atoms with Crippen molar-refractivity contribution >= 4 is 17.5 Å². The summed E-state index contributed by atoms with van der Waals surface area (Å²) in [5, 5.41) is 8.77. The van der Waals surface area contributed by atoms with Crippen LogP contribution in [-0.2, 0) is 17.8 Å². The van der Waals surface area contributed by atoms with Crippen molar-refractivity contribution in [1.29, 1.82) is 0 Å². The molecule has 1 heterocycles. The summed E-state index contributed by atoms with van der Waals surface area (Å²) in [4.78, 5) is 24.5. The zero-order valence-corrected chi connectivity index (χ0v) is 16.1. The van der Waals surface area contributed by atoms with Gasteiger partial charge < -0.3 is 10.6 Å². The molecule has 0 aliphatic carbocycles. The van der Waals surface area contributed by atoms with Crippen molar-refractivity contribution in [3.05, 3.63) is 82.9 Å². The van der Waals surface area contributed by atoms with Gasteiger partial charge in [-0.1, -0.05) is 37.3 Å². The predicted octanol–water partition coefficient (Wildman–Crippen LogP) is 3.28. The molecule has 0 aliphatic rings. The van der Waals surface area contributed by atoms with Crippen molar-refractivity contribution in [1.82, 2.24) is 15.1 Å². The number of rotatable bonds is 7. The zero-order chi connectivity index (χ0) is 21.7. The van der Waals surface area contributed by atoms with Crippen LogP contribution in [-0.4, -0.2) is 28.1 Å². The summed E-state index contributed by atoms with van der Waals surface area (Å²) in [5.41, 5.74) is 1.52. The van der Waals surface area contributed by atoms with E-state index in [1.165, 1.54) is 6.20 Å².